The van der Waals surface area contributed by atoms with Gasteiger partial charge in [-0.1, -0.05) is 70.2 Å². The summed E-state index contributed by atoms with van der Waals surface area (Å²) in [5.41, 5.74) is 3.22. The van der Waals surface area contributed by atoms with Crippen LogP contribution in [0.25, 0.3) is 0 Å². The highest BCUT2D eigenvalue weighted by molar-refractivity contribution is 8.18. The lowest BCUT2D eigenvalue weighted by molar-refractivity contribution is -0.142. The quantitative estimate of drug-likeness (QED) is 0.0640. The molecule has 7 nitrogen and oxygen atoms in total. The minimum absolute atomic E-state index is 0.0311. The van der Waals surface area contributed by atoms with Crippen LogP contribution in [0.3, 0.4) is 0 Å². The van der Waals surface area contributed by atoms with Crippen molar-refractivity contribution < 1.29 is 28.8 Å². The number of amides is 1. The maximum atomic E-state index is 13.0. The van der Waals surface area contributed by atoms with Gasteiger partial charge in [-0.3, -0.25) is 19.6 Å². The summed E-state index contributed by atoms with van der Waals surface area (Å²) in [6.07, 6.45) is 7.12. The first kappa shape index (κ1) is 31.7. The van der Waals surface area contributed by atoms with Crippen LogP contribution in [0.15, 0.2) is 48.6 Å². The van der Waals surface area contributed by atoms with Crippen molar-refractivity contribution in [1.29, 1.82) is 0 Å². The van der Waals surface area contributed by atoms with Crippen LogP contribution in [-0.2, 0) is 22.8 Å². The number of ketones is 1. The van der Waals surface area contributed by atoms with Gasteiger partial charge >= 0.3 is 5.97 Å². The van der Waals surface area contributed by atoms with Crippen LogP contribution in [0.4, 0.5) is 0 Å². The van der Waals surface area contributed by atoms with Crippen LogP contribution in [0.1, 0.15) is 56.5 Å². The van der Waals surface area contributed by atoms with Crippen LogP contribution in [0, 0.1) is 11.8 Å². The van der Waals surface area contributed by atoms with Crippen LogP contribution < -0.4 is 5.48 Å². The minimum Gasteiger partial charge on any atom is -0.460 e. The third kappa shape index (κ3) is 7.67. The molecule has 0 spiro atoms. The number of thioether (sulfide) groups is 2. The molecule has 3 unspecified atom stereocenters. The average molecular weight is 592 g/mol. The van der Waals surface area contributed by atoms with E-state index >= 15 is 0 Å². The Kier molecular flexibility index (Phi) is 10.7. The third-order valence-electron chi connectivity index (χ3n) is 7.80. The van der Waals surface area contributed by atoms with Crippen LogP contribution in [-0.4, -0.2) is 55.4 Å². The van der Waals surface area contributed by atoms with E-state index < -0.39 is 14.2 Å². The lowest BCUT2D eigenvalue weighted by Crippen LogP contribution is -2.45. The van der Waals surface area contributed by atoms with Gasteiger partial charge in [0.15, 0.2) is 14.1 Å². The molecule has 0 radical (unpaired) electrons. The zero-order valence-electron chi connectivity index (χ0n) is 23.7. The molecule has 2 N–H and O–H groups in total. The molecule has 0 bridgehead atoms. The molecule has 0 aromatic heterocycles. The van der Waals surface area contributed by atoms with Crippen molar-refractivity contribution in [2.24, 2.45) is 11.8 Å². The molecule has 2 fully saturated rings. The first-order valence-corrected chi connectivity index (χ1v) is 18.2. The summed E-state index contributed by atoms with van der Waals surface area (Å²) in [4.78, 5) is 36.7. The molecule has 1 aromatic carbocycles. The summed E-state index contributed by atoms with van der Waals surface area (Å²) in [5.74, 6) is 0.739. The number of carbonyl (C=O) groups excluding carboxylic acids is 3. The smallest absolute Gasteiger partial charge is 0.306 e. The van der Waals surface area contributed by atoms with Gasteiger partial charge in [0.1, 0.15) is 6.10 Å². The zero-order valence-corrected chi connectivity index (χ0v) is 26.3. The molecule has 3 atom stereocenters. The number of hydrogen-bond donors (Lipinski definition) is 2. The largest absolute Gasteiger partial charge is 0.460 e. The summed E-state index contributed by atoms with van der Waals surface area (Å²) in [6, 6.07) is 7.78. The van der Waals surface area contributed by atoms with E-state index in [2.05, 4.69) is 33.9 Å². The van der Waals surface area contributed by atoms with Crippen molar-refractivity contribution >= 4 is 49.5 Å². The van der Waals surface area contributed by atoms with Gasteiger partial charge in [-0.2, -0.15) is 0 Å². The molecule has 2 saturated heterocycles. The van der Waals surface area contributed by atoms with Crippen molar-refractivity contribution in [3.05, 3.63) is 59.7 Å². The molecule has 2 aliphatic heterocycles. The summed E-state index contributed by atoms with van der Waals surface area (Å²) in [6.45, 7) is 13.3. The maximum Gasteiger partial charge on any atom is 0.306 e. The Morgan fingerprint density at radius 1 is 1.21 bits per heavy atom. The Morgan fingerprint density at radius 2 is 1.85 bits per heavy atom. The Hall–Kier alpha value is -1.85. The van der Waals surface area contributed by atoms with E-state index in [-0.39, 0.29) is 38.8 Å². The first-order chi connectivity index (χ1) is 18.3. The molecular weight excluding hydrogens is 551 g/mol. The van der Waals surface area contributed by atoms with Gasteiger partial charge in [0.25, 0.3) is 5.91 Å². The van der Waals surface area contributed by atoms with Crippen molar-refractivity contribution in [1.82, 2.24) is 5.48 Å². The number of cyclic esters (lactones) is 1. The SMILES string of the molecule is CC(/C=C/C=C/C(=O)NO)C(=O)c1ccc(C2(C3CC(=O)OC3CO[Si](C)(C)C(C)(C)C)SCCCS2)cc1. The summed E-state index contributed by atoms with van der Waals surface area (Å²) < 4.78 is 12.0. The molecule has 3 rings (SSSR count). The van der Waals surface area contributed by atoms with E-state index in [1.54, 1.807) is 19.1 Å². The lowest BCUT2D eigenvalue weighted by Gasteiger charge is -2.43. The van der Waals surface area contributed by atoms with E-state index in [0.717, 1.165) is 23.5 Å². The van der Waals surface area contributed by atoms with Crippen LogP contribution in [0.5, 0.6) is 0 Å². The number of hydroxylamine groups is 1. The second-order valence-electron chi connectivity index (χ2n) is 11.6. The maximum absolute atomic E-state index is 13.0. The van der Waals surface area contributed by atoms with Gasteiger partial charge in [-0.25, -0.2) is 5.48 Å². The predicted molar refractivity (Wildman–Crippen MR) is 160 cm³/mol. The number of carbonyl (C=O) groups is 3. The summed E-state index contributed by atoms with van der Waals surface area (Å²) in [5, 5.41) is 8.60. The molecule has 1 amide bonds. The minimum atomic E-state index is -2.01. The van der Waals surface area contributed by atoms with Crippen molar-refractivity contribution in [3.8, 4) is 0 Å². The number of nitrogens with one attached hydrogen (secondary N) is 1. The Bertz CT molecular complexity index is 1090. The van der Waals surface area contributed by atoms with Crippen LogP contribution in [0.2, 0.25) is 18.1 Å². The molecule has 1 aromatic rings. The van der Waals surface area contributed by atoms with E-state index in [9.17, 15) is 14.4 Å². The summed E-state index contributed by atoms with van der Waals surface area (Å²) >= 11 is 3.75. The second kappa shape index (κ2) is 13.2. The highest BCUT2D eigenvalue weighted by Crippen LogP contribution is 2.58. The topological polar surface area (TPSA) is 102 Å². The first-order valence-electron chi connectivity index (χ1n) is 13.4. The van der Waals surface area contributed by atoms with Crippen LogP contribution >= 0.6 is 23.5 Å². The Morgan fingerprint density at radius 3 is 2.44 bits per heavy atom. The standard InChI is InChI=1S/C29H41NO6S2Si/c1-20(10-7-8-11-25(31)30-34)27(33)21-12-14-22(15-13-21)29(37-16-9-17-38-29)23-18-26(32)36-24(23)19-35-39(5,6)28(2,3)4/h7-8,10-15,20,23-24,34H,9,16-19H2,1-6H3,(H,30,31)/b10-7+,11-8+. The number of allylic oxidation sites excluding steroid dienone is 3. The number of hydrogen-bond acceptors (Lipinski definition) is 8. The normalized spacial score (nSPS) is 22.7. The monoisotopic (exact) mass is 591 g/mol. The van der Waals surface area contributed by atoms with Crippen molar-refractivity contribution in [2.45, 2.75) is 68.9 Å². The fourth-order valence-electron chi connectivity index (χ4n) is 4.42. The molecule has 0 aliphatic carbocycles. The van der Waals surface area contributed by atoms with Gasteiger partial charge in [-0.15, -0.1) is 23.5 Å². The van der Waals surface area contributed by atoms with Gasteiger partial charge in [0.2, 0.25) is 0 Å². The van der Waals surface area contributed by atoms with E-state index in [4.69, 9.17) is 14.4 Å². The Balaban J connectivity index is 1.81. The second-order valence-corrected chi connectivity index (χ2v) is 19.3. The number of ether oxygens (including phenoxy) is 1. The van der Waals surface area contributed by atoms with E-state index in [0.29, 0.717) is 18.6 Å². The third-order valence-corrected chi connectivity index (χ3v) is 15.9. The van der Waals surface area contributed by atoms with Crippen molar-refractivity contribution in [3.63, 3.8) is 0 Å². The average Bonchev–Trinajstić information content (AvgIpc) is 3.30. The molecule has 0 saturated carbocycles. The van der Waals surface area contributed by atoms with E-state index in [1.807, 2.05) is 47.8 Å². The molecule has 214 valence electrons. The number of rotatable bonds is 10. The van der Waals surface area contributed by atoms with E-state index in [1.165, 1.54) is 17.6 Å². The van der Waals surface area contributed by atoms with Gasteiger partial charge in [0, 0.05) is 23.5 Å². The van der Waals surface area contributed by atoms with Crippen molar-refractivity contribution in [2.75, 3.05) is 18.1 Å². The van der Waals surface area contributed by atoms with Gasteiger partial charge in [0.05, 0.1) is 17.1 Å². The highest BCUT2D eigenvalue weighted by Gasteiger charge is 2.53. The van der Waals surface area contributed by atoms with Gasteiger partial charge in [-0.05, 0) is 41.6 Å². The predicted octanol–water partition coefficient (Wildman–Crippen LogP) is 6.10. The number of Topliss-reactive ketones (excluding diaryl/α,β-unsaturated/α-hetero) is 1. The Labute approximate surface area is 241 Å². The molecule has 10 heteroatoms. The highest BCUT2D eigenvalue weighted by atomic mass is 32.2. The fourth-order valence-corrected chi connectivity index (χ4v) is 9.14. The number of benzene rings is 1. The fraction of sp³-hybridized carbons (Fsp3) is 0.552. The molecular formula is C29H41NO6S2Si. The zero-order chi connectivity index (χ0) is 28.8. The molecule has 2 heterocycles. The lowest BCUT2D eigenvalue weighted by atomic mass is 9.90. The summed E-state index contributed by atoms with van der Waals surface area (Å²) in [7, 11) is -2.01. The number of esters is 1. The van der Waals surface area contributed by atoms with Gasteiger partial charge < -0.3 is 9.16 Å². The molecule has 2 aliphatic rings. The molecule has 39 heavy (non-hydrogen) atoms.